The SMILES string of the molecule is CNC(Cc1ccc(F)cc1F)c1cc(F)cc(Br)c1. The Bertz CT molecular complexity index is 596. The van der Waals surface area contributed by atoms with Crippen LogP contribution in [0.5, 0.6) is 0 Å². The van der Waals surface area contributed by atoms with Crippen molar-refractivity contribution in [3.8, 4) is 0 Å². The molecule has 0 aliphatic heterocycles. The first-order valence-electron chi connectivity index (χ1n) is 6.07. The summed E-state index contributed by atoms with van der Waals surface area (Å²) in [4.78, 5) is 0. The molecule has 0 saturated carbocycles. The van der Waals surface area contributed by atoms with Gasteiger partial charge in [0.2, 0.25) is 0 Å². The maximum absolute atomic E-state index is 13.7. The summed E-state index contributed by atoms with van der Waals surface area (Å²) < 4.78 is 40.6. The molecule has 0 saturated heterocycles. The number of likely N-dealkylation sites (N-methyl/N-ethyl adjacent to an activating group) is 1. The number of hydrogen-bond acceptors (Lipinski definition) is 1. The van der Waals surface area contributed by atoms with Crippen molar-refractivity contribution in [3.05, 3.63) is 69.4 Å². The minimum atomic E-state index is -0.610. The fraction of sp³-hybridized carbons (Fsp3) is 0.200. The molecule has 0 bridgehead atoms. The highest BCUT2D eigenvalue weighted by atomic mass is 79.9. The summed E-state index contributed by atoms with van der Waals surface area (Å²) in [6.07, 6.45) is 0.304. The molecule has 106 valence electrons. The lowest BCUT2D eigenvalue weighted by Crippen LogP contribution is -2.19. The van der Waals surface area contributed by atoms with Crippen molar-refractivity contribution >= 4 is 15.9 Å². The van der Waals surface area contributed by atoms with Crippen molar-refractivity contribution in [2.45, 2.75) is 12.5 Å². The third kappa shape index (κ3) is 3.61. The maximum Gasteiger partial charge on any atom is 0.129 e. The molecule has 2 aromatic rings. The molecule has 0 amide bonds. The topological polar surface area (TPSA) is 12.0 Å². The first-order valence-corrected chi connectivity index (χ1v) is 6.86. The number of hydrogen-bond donors (Lipinski definition) is 1. The zero-order valence-electron chi connectivity index (χ0n) is 10.8. The largest absolute Gasteiger partial charge is 0.313 e. The summed E-state index contributed by atoms with van der Waals surface area (Å²) in [5, 5.41) is 3.02. The van der Waals surface area contributed by atoms with Crippen molar-refractivity contribution in [1.82, 2.24) is 5.32 Å². The van der Waals surface area contributed by atoms with Crippen LogP contribution < -0.4 is 5.32 Å². The normalized spacial score (nSPS) is 12.4. The second-order valence-electron chi connectivity index (χ2n) is 4.48. The summed E-state index contributed by atoms with van der Waals surface area (Å²) in [5.41, 5.74) is 1.08. The summed E-state index contributed by atoms with van der Waals surface area (Å²) in [7, 11) is 1.71. The van der Waals surface area contributed by atoms with E-state index >= 15 is 0 Å². The minimum absolute atomic E-state index is 0.262. The van der Waals surface area contributed by atoms with Crippen molar-refractivity contribution < 1.29 is 13.2 Å². The van der Waals surface area contributed by atoms with Gasteiger partial charge in [-0.05, 0) is 48.9 Å². The lowest BCUT2D eigenvalue weighted by atomic mass is 9.98. The van der Waals surface area contributed by atoms with Crippen molar-refractivity contribution in [2.24, 2.45) is 0 Å². The van der Waals surface area contributed by atoms with Gasteiger partial charge in [-0.25, -0.2) is 13.2 Å². The average Bonchev–Trinajstić information content (AvgIpc) is 2.36. The van der Waals surface area contributed by atoms with Gasteiger partial charge in [0.25, 0.3) is 0 Å². The van der Waals surface area contributed by atoms with Gasteiger partial charge in [0.05, 0.1) is 0 Å². The number of benzene rings is 2. The van der Waals surface area contributed by atoms with Crippen LogP contribution in [0.1, 0.15) is 17.2 Å². The van der Waals surface area contributed by atoms with Gasteiger partial charge in [-0.15, -0.1) is 0 Å². The number of halogens is 4. The molecule has 1 atom stereocenters. The Morgan fingerprint density at radius 1 is 1.05 bits per heavy atom. The van der Waals surface area contributed by atoms with Gasteiger partial charge in [-0.1, -0.05) is 22.0 Å². The second kappa shape index (κ2) is 6.41. The summed E-state index contributed by atoms with van der Waals surface area (Å²) >= 11 is 3.23. The van der Waals surface area contributed by atoms with Crippen LogP contribution in [0.15, 0.2) is 40.9 Å². The number of nitrogens with one attached hydrogen (secondary N) is 1. The fourth-order valence-electron chi connectivity index (χ4n) is 2.07. The van der Waals surface area contributed by atoms with Crippen LogP contribution in [0.4, 0.5) is 13.2 Å². The molecule has 1 unspecified atom stereocenters. The van der Waals surface area contributed by atoms with Gasteiger partial charge in [-0.3, -0.25) is 0 Å². The molecule has 0 aliphatic rings. The van der Waals surface area contributed by atoms with Crippen LogP contribution in [0, 0.1) is 17.5 Å². The van der Waals surface area contributed by atoms with Crippen LogP contribution in [0.3, 0.4) is 0 Å². The fourth-order valence-corrected chi connectivity index (χ4v) is 2.55. The average molecular weight is 344 g/mol. The maximum atomic E-state index is 13.7. The van der Waals surface area contributed by atoms with Gasteiger partial charge in [-0.2, -0.15) is 0 Å². The molecule has 0 aliphatic carbocycles. The van der Waals surface area contributed by atoms with E-state index in [1.165, 1.54) is 24.3 Å². The predicted octanol–water partition coefficient (Wildman–Crippen LogP) is 4.37. The second-order valence-corrected chi connectivity index (χ2v) is 5.40. The molecular formula is C15H13BrF3N. The Balaban J connectivity index is 2.28. The Morgan fingerprint density at radius 3 is 2.40 bits per heavy atom. The molecular weight excluding hydrogens is 331 g/mol. The van der Waals surface area contributed by atoms with Crippen molar-refractivity contribution in [2.75, 3.05) is 7.05 Å². The highest BCUT2D eigenvalue weighted by Gasteiger charge is 2.14. The van der Waals surface area contributed by atoms with E-state index in [2.05, 4.69) is 21.2 Å². The van der Waals surface area contributed by atoms with Gasteiger partial charge in [0.1, 0.15) is 17.5 Å². The summed E-state index contributed by atoms with van der Waals surface area (Å²) in [6.45, 7) is 0. The van der Waals surface area contributed by atoms with E-state index < -0.39 is 11.6 Å². The van der Waals surface area contributed by atoms with E-state index in [-0.39, 0.29) is 11.9 Å². The van der Waals surface area contributed by atoms with E-state index in [0.29, 0.717) is 22.0 Å². The van der Waals surface area contributed by atoms with Crippen LogP contribution in [-0.2, 0) is 6.42 Å². The van der Waals surface area contributed by atoms with Crippen molar-refractivity contribution in [1.29, 1.82) is 0 Å². The quantitative estimate of drug-likeness (QED) is 0.869. The van der Waals surface area contributed by atoms with E-state index in [1.54, 1.807) is 13.1 Å². The minimum Gasteiger partial charge on any atom is -0.313 e. The standard InChI is InChI=1S/C15H13BrF3N/c1-20-15(10-4-11(16)7-13(18)5-10)6-9-2-3-12(17)8-14(9)19/h2-5,7-8,15,20H,6H2,1H3. The van der Waals surface area contributed by atoms with Crippen molar-refractivity contribution in [3.63, 3.8) is 0 Å². The van der Waals surface area contributed by atoms with E-state index in [9.17, 15) is 13.2 Å². The van der Waals surface area contributed by atoms with E-state index in [4.69, 9.17) is 0 Å². The van der Waals surface area contributed by atoms with Crippen LogP contribution >= 0.6 is 15.9 Å². The van der Waals surface area contributed by atoms with Crippen LogP contribution in [0.2, 0.25) is 0 Å². The molecule has 1 nitrogen and oxygen atoms in total. The Morgan fingerprint density at radius 2 is 1.80 bits per heavy atom. The third-order valence-corrected chi connectivity index (χ3v) is 3.53. The van der Waals surface area contributed by atoms with Gasteiger partial charge >= 0.3 is 0 Å². The third-order valence-electron chi connectivity index (χ3n) is 3.07. The van der Waals surface area contributed by atoms with E-state index in [0.717, 1.165) is 6.07 Å². The summed E-state index contributed by atoms with van der Waals surface area (Å²) in [5.74, 6) is -1.57. The predicted molar refractivity (Wildman–Crippen MR) is 76.0 cm³/mol. The highest BCUT2D eigenvalue weighted by molar-refractivity contribution is 9.10. The molecule has 20 heavy (non-hydrogen) atoms. The van der Waals surface area contributed by atoms with Crippen LogP contribution in [0.25, 0.3) is 0 Å². The monoisotopic (exact) mass is 343 g/mol. The molecule has 1 N–H and O–H groups in total. The summed E-state index contributed by atoms with van der Waals surface area (Å²) in [6, 6.07) is 7.73. The molecule has 0 aromatic heterocycles. The highest BCUT2D eigenvalue weighted by Crippen LogP contribution is 2.24. The van der Waals surface area contributed by atoms with Gasteiger partial charge < -0.3 is 5.32 Å². The zero-order valence-corrected chi connectivity index (χ0v) is 12.3. The lowest BCUT2D eigenvalue weighted by Gasteiger charge is -2.17. The molecule has 0 fully saturated rings. The van der Waals surface area contributed by atoms with Gasteiger partial charge in [0.15, 0.2) is 0 Å². The molecule has 0 heterocycles. The smallest absolute Gasteiger partial charge is 0.129 e. The first-order chi connectivity index (χ1) is 9.49. The molecule has 5 heteroatoms. The van der Waals surface area contributed by atoms with Crippen LogP contribution in [-0.4, -0.2) is 7.05 Å². The Labute approximate surface area is 123 Å². The molecule has 0 spiro atoms. The van der Waals surface area contributed by atoms with Gasteiger partial charge in [0, 0.05) is 16.6 Å². The van der Waals surface area contributed by atoms with E-state index in [1.807, 2.05) is 0 Å². The zero-order chi connectivity index (χ0) is 14.7. The number of rotatable bonds is 4. The Hall–Kier alpha value is -1.33. The Kier molecular flexibility index (Phi) is 4.83. The lowest BCUT2D eigenvalue weighted by molar-refractivity contribution is 0.537. The molecule has 2 rings (SSSR count). The first kappa shape index (κ1) is 15.1. The molecule has 0 radical (unpaired) electrons. The molecule has 2 aromatic carbocycles.